The van der Waals surface area contributed by atoms with Crippen molar-refractivity contribution >= 4 is 27.5 Å². The number of rotatable bonds is 3. The number of hydrogen-bond donors (Lipinski definition) is 0. The van der Waals surface area contributed by atoms with E-state index in [0.717, 1.165) is 27.5 Å². The molecule has 0 aliphatic heterocycles. The molecule has 0 aliphatic rings. The molecule has 3 heterocycles. The minimum absolute atomic E-state index is 0.343. The molecule has 0 N–H and O–H groups in total. The third kappa shape index (κ3) is 2.89. The minimum Gasteiger partial charge on any atom is -0.378 e. The lowest BCUT2D eigenvalue weighted by molar-refractivity contribution is 0.630. The molecule has 29 heavy (non-hydrogen) atoms. The lowest BCUT2D eigenvalue weighted by Crippen LogP contribution is -2.09. The van der Waals surface area contributed by atoms with E-state index in [-0.39, 0.29) is 5.82 Å². The van der Waals surface area contributed by atoms with Gasteiger partial charge in [0, 0.05) is 49.1 Å². The summed E-state index contributed by atoms with van der Waals surface area (Å²) in [6.07, 6.45) is 5.53. The molecular weight excluding hydrogens is 365 g/mol. The second-order valence-corrected chi connectivity index (χ2v) is 7.07. The van der Waals surface area contributed by atoms with Gasteiger partial charge in [0.1, 0.15) is 11.6 Å². The number of halogens is 1. The Hall–Kier alpha value is -3.80. The van der Waals surface area contributed by atoms with Crippen LogP contribution in [0.3, 0.4) is 0 Å². The average Bonchev–Trinajstić information content (AvgIpc) is 3.17. The van der Waals surface area contributed by atoms with Crippen LogP contribution in [0.15, 0.2) is 73.2 Å². The van der Waals surface area contributed by atoms with Crippen molar-refractivity contribution in [2.24, 2.45) is 0 Å². The highest BCUT2D eigenvalue weighted by atomic mass is 19.1. The van der Waals surface area contributed by atoms with Crippen LogP contribution in [0.5, 0.6) is 0 Å². The topological polar surface area (TPSA) is 46.8 Å². The molecule has 0 saturated carbocycles. The molecule has 0 bridgehead atoms. The Labute approximate surface area is 167 Å². The van der Waals surface area contributed by atoms with E-state index in [1.54, 1.807) is 24.4 Å². The van der Waals surface area contributed by atoms with Crippen molar-refractivity contribution in [2.45, 2.75) is 0 Å². The van der Waals surface area contributed by atoms with Gasteiger partial charge < -0.3 is 9.47 Å². The van der Waals surface area contributed by atoms with Crippen molar-refractivity contribution < 1.29 is 4.39 Å². The SMILES string of the molecule is CN(C)c1ccc2nc(-c3ccccc3F)nc(-n3ccc4cnccc43)c2c1. The number of nitrogens with zero attached hydrogens (tertiary/aromatic N) is 5. The molecule has 0 unspecified atom stereocenters. The second kappa shape index (κ2) is 6.67. The Morgan fingerprint density at radius 2 is 1.83 bits per heavy atom. The van der Waals surface area contributed by atoms with Crippen molar-refractivity contribution in [3.63, 3.8) is 0 Å². The Kier molecular flexibility index (Phi) is 3.98. The summed E-state index contributed by atoms with van der Waals surface area (Å²) in [5.41, 5.74) is 3.16. The first kappa shape index (κ1) is 17.3. The van der Waals surface area contributed by atoms with E-state index in [1.807, 2.05) is 60.2 Å². The van der Waals surface area contributed by atoms with Crippen LogP contribution >= 0.6 is 0 Å². The lowest BCUT2D eigenvalue weighted by atomic mass is 10.1. The average molecular weight is 383 g/mol. The smallest absolute Gasteiger partial charge is 0.165 e. The Balaban J connectivity index is 1.86. The maximum Gasteiger partial charge on any atom is 0.165 e. The summed E-state index contributed by atoms with van der Waals surface area (Å²) >= 11 is 0. The number of benzene rings is 2. The van der Waals surface area contributed by atoms with Crippen LogP contribution < -0.4 is 4.90 Å². The van der Waals surface area contributed by atoms with Gasteiger partial charge in [-0.2, -0.15) is 0 Å². The standard InChI is InChI=1S/C23H18FN5/c1-28(2)16-7-8-20-18(13-16)23(29-12-10-15-14-25-11-9-21(15)29)27-22(26-20)17-5-3-4-6-19(17)24/h3-14H,1-2H3. The van der Waals surface area contributed by atoms with Crippen LogP contribution in [0.1, 0.15) is 0 Å². The molecule has 6 heteroatoms. The molecule has 0 amide bonds. The van der Waals surface area contributed by atoms with Crippen LogP contribution in [0.2, 0.25) is 0 Å². The molecule has 3 aromatic heterocycles. The van der Waals surface area contributed by atoms with E-state index < -0.39 is 0 Å². The van der Waals surface area contributed by atoms with E-state index in [4.69, 9.17) is 4.98 Å². The molecule has 0 aliphatic carbocycles. The van der Waals surface area contributed by atoms with E-state index in [0.29, 0.717) is 17.2 Å². The molecule has 2 aromatic carbocycles. The predicted octanol–water partition coefficient (Wildman–Crippen LogP) is 4.84. The second-order valence-electron chi connectivity index (χ2n) is 7.07. The molecule has 5 nitrogen and oxygen atoms in total. The number of fused-ring (bicyclic) bond motifs is 2. The number of pyridine rings is 1. The van der Waals surface area contributed by atoms with Gasteiger partial charge in [-0.05, 0) is 42.5 Å². The number of aromatic nitrogens is 4. The summed E-state index contributed by atoms with van der Waals surface area (Å²) < 4.78 is 16.5. The summed E-state index contributed by atoms with van der Waals surface area (Å²) in [5.74, 6) is 0.724. The first-order valence-electron chi connectivity index (χ1n) is 9.27. The van der Waals surface area contributed by atoms with Gasteiger partial charge >= 0.3 is 0 Å². The summed E-state index contributed by atoms with van der Waals surface area (Å²) in [6.45, 7) is 0. The van der Waals surface area contributed by atoms with Crippen molar-refractivity contribution in [1.29, 1.82) is 0 Å². The summed E-state index contributed by atoms with van der Waals surface area (Å²) in [7, 11) is 3.98. The Morgan fingerprint density at radius 3 is 2.66 bits per heavy atom. The molecular formula is C23H18FN5. The minimum atomic E-state index is -0.343. The van der Waals surface area contributed by atoms with Gasteiger partial charge in [-0.3, -0.25) is 4.98 Å². The molecule has 0 saturated heterocycles. The van der Waals surface area contributed by atoms with E-state index >= 15 is 0 Å². The zero-order chi connectivity index (χ0) is 20.0. The molecule has 5 rings (SSSR count). The summed E-state index contributed by atoms with van der Waals surface area (Å²) in [6, 6.07) is 16.5. The highest BCUT2D eigenvalue weighted by molar-refractivity contribution is 5.92. The van der Waals surface area contributed by atoms with Gasteiger partial charge in [0.2, 0.25) is 0 Å². The molecule has 0 radical (unpaired) electrons. The number of hydrogen-bond acceptors (Lipinski definition) is 4. The van der Waals surface area contributed by atoms with E-state index in [2.05, 4.69) is 16.0 Å². The molecule has 0 fully saturated rings. The number of anilines is 1. The van der Waals surface area contributed by atoms with Crippen molar-refractivity contribution in [3.8, 4) is 17.2 Å². The Bertz CT molecular complexity index is 1360. The van der Waals surface area contributed by atoms with Gasteiger partial charge in [-0.25, -0.2) is 14.4 Å². The van der Waals surface area contributed by atoms with Crippen molar-refractivity contribution in [2.75, 3.05) is 19.0 Å². The predicted molar refractivity (Wildman–Crippen MR) is 114 cm³/mol. The van der Waals surface area contributed by atoms with Crippen molar-refractivity contribution in [3.05, 3.63) is 79.0 Å². The van der Waals surface area contributed by atoms with Gasteiger partial charge in [-0.1, -0.05) is 12.1 Å². The molecule has 142 valence electrons. The van der Waals surface area contributed by atoms with Crippen molar-refractivity contribution in [1.82, 2.24) is 19.5 Å². The first-order chi connectivity index (χ1) is 14.1. The highest BCUT2D eigenvalue weighted by Crippen LogP contribution is 2.30. The summed E-state index contributed by atoms with van der Waals surface area (Å²) in [5, 5.41) is 1.90. The monoisotopic (exact) mass is 383 g/mol. The zero-order valence-electron chi connectivity index (χ0n) is 16.0. The van der Waals surface area contributed by atoms with Crippen LogP contribution in [0.25, 0.3) is 39.0 Å². The molecule has 0 spiro atoms. The van der Waals surface area contributed by atoms with Crippen LogP contribution in [0.4, 0.5) is 10.1 Å². The van der Waals surface area contributed by atoms with Crippen LogP contribution in [0, 0.1) is 5.82 Å². The van der Waals surface area contributed by atoms with Crippen LogP contribution in [-0.4, -0.2) is 33.6 Å². The third-order valence-electron chi connectivity index (χ3n) is 5.01. The van der Waals surface area contributed by atoms with Gasteiger partial charge in [-0.15, -0.1) is 0 Å². The van der Waals surface area contributed by atoms with E-state index in [9.17, 15) is 4.39 Å². The highest BCUT2D eigenvalue weighted by Gasteiger charge is 2.16. The Morgan fingerprint density at radius 1 is 0.966 bits per heavy atom. The zero-order valence-corrected chi connectivity index (χ0v) is 16.0. The fraction of sp³-hybridized carbons (Fsp3) is 0.0870. The quantitative estimate of drug-likeness (QED) is 0.447. The third-order valence-corrected chi connectivity index (χ3v) is 5.01. The normalized spacial score (nSPS) is 11.3. The fourth-order valence-electron chi connectivity index (χ4n) is 3.49. The van der Waals surface area contributed by atoms with E-state index in [1.165, 1.54) is 6.07 Å². The van der Waals surface area contributed by atoms with Gasteiger partial charge in [0.15, 0.2) is 5.82 Å². The maximum atomic E-state index is 14.5. The largest absolute Gasteiger partial charge is 0.378 e. The van der Waals surface area contributed by atoms with Gasteiger partial charge in [0.25, 0.3) is 0 Å². The van der Waals surface area contributed by atoms with Crippen LogP contribution in [-0.2, 0) is 0 Å². The fourth-order valence-corrected chi connectivity index (χ4v) is 3.49. The summed E-state index contributed by atoms with van der Waals surface area (Å²) in [4.78, 5) is 15.7. The molecule has 0 atom stereocenters. The lowest BCUT2D eigenvalue weighted by Gasteiger charge is -2.16. The van der Waals surface area contributed by atoms with Gasteiger partial charge in [0.05, 0.1) is 16.6 Å². The first-order valence-corrected chi connectivity index (χ1v) is 9.27. The molecule has 5 aromatic rings. The maximum absolute atomic E-state index is 14.5.